The van der Waals surface area contributed by atoms with Crippen LogP contribution in [0.5, 0.6) is 0 Å². The fourth-order valence-corrected chi connectivity index (χ4v) is 3.66. The zero-order chi connectivity index (χ0) is 14.5. The first-order valence-electron chi connectivity index (χ1n) is 8.36. The van der Waals surface area contributed by atoms with Crippen LogP contribution in [0.1, 0.15) is 50.4 Å². The van der Waals surface area contributed by atoms with Crippen LogP contribution in [0.25, 0.3) is 0 Å². The summed E-state index contributed by atoms with van der Waals surface area (Å²) in [5.74, 6) is 1.37. The highest BCUT2D eigenvalue weighted by molar-refractivity contribution is 5.02. The zero-order valence-electron chi connectivity index (χ0n) is 12.7. The van der Waals surface area contributed by atoms with E-state index in [1.54, 1.807) is 6.26 Å². The number of nitrogens with zero attached hydrogens (tertiary/aromatic N) is 1. The lowest BCUT2D eigenvalue weighted by Crippen LogP contribution is -2.39. The number of hydrogen-bond donors (Lipinski definition) is 1. The van der Waals surface area contributed by atoms with E-state index in [1.165, 1.54) is 32.1 Å². The molecular weight excluding hydrogens is 266 g/mol. The van der Waals surface area contributed by atoms with Gasteiger partial charge in [-0.3, -0.25) is 4.90 Å². The molecule has 3 unspecified atom stereocenters. The molecule has 0 bridgehead atoms. The Hall–Kier alpha value is -0.840. The van der Waals surface area contributed by atoms with Gasteiger partial charge in [0.25, 0.3) is 0 Å². The molecule has 4 nitrogen and oxygen atoms in total. The van der Waals surface area contributed by atoms with Gasteiger partial charge in [0, 0.05) is 19.2 Å². The molecule has 1 aromatic heterocycles. The first-order chi connectivity index (χ1) is 10.3. The summed E-state index contributed by atoms with van der Waals surface area (Å²) in [7, 11) is 0. The molecule has 0 radical (unpaired) electrons. The molecule has 2 aliphatic heterocycles. The number of rotatable bonds is 5. The number of aliphatic hydroxyl groups is 1. The number of aliphatic hydroxyl groups excluding tert-OH is 1. The predicted molar refractivity (Wildman–Crippen MR) is 81.0 cm³/mol. The summed E-state index contributed by atoms with van der Waals surface area (Å²) in [6.45, 7) is 4.10. The first kappa shape index (κ1) is 15.1. The number of furan rings is 1. The van der Waals surface area contributed by atoms with Gasteiger partial charge in [-0.25, -0.2) is 0 Å². The molecular formula is C17H27NO3. The largest absolute Gasteiger partial charge is 0.467 e. The van der Waals surface area contributed by atoms with Crippen molar-refractivity contribution < 1.29 is 14.3 Å². The molecule has 0 spiro atoms. The standard InChI is InChI=1S/C17H27NO3/c19-16(17-6-4-9-21-17)11-15-5-2-1-3-8-18(15)12-14-7-10-20-13-14/h4,6,9,14-16,19H,1-3,5,7-8,10-13H2. The summed E-state index contributed by atoms with van der Waals surface area (Å²) in [6, 6.07) is 4.18. The minimum atomic E-state index is -0.481. The molecule has 0 aromatic carbocycles. The number of likely N-dealkylation sites (tertiary alicyclic amines) is 1. The van der Waals surface area contributed by atoms with E-state index in [-0.39, 0.29) is 0 Å². The van der Waals surface area contributed by atoms with Gasteiger partial charge < -0.3 is 14.3 Å². The SMILES string of the molecule is OC(CC1CCCCCN1CC1CCOC1)c1ccco1. The quantitative estimate of drug-likeness (QED) is 0.906. The predicted octanol–water partition coefficient (Wildman–Crippen LogP) is 2.98. The third-order valence-electron chi connectivity index (χ3n) is 4.88. The Morgan fingerprint density at radius 2 is 2.24 bits per heavy atom. The van der Waals surface area contributed by atoms with Crippen LogP contribution in [-0.4, -0.2) is 42.4 Å². The molecule has 0 amide bonds. The maximum atomic E-state index is 10.4. The Labute approximate surface area is 127 Å². The highest BCUT2D eigenvalue weighted by Gasteiger charge is 2.28. The normalized spacial score (nSPS) is 29.4. The van der Waals surface area contributed by atoms with Crippen molar-refractivity contribution in [2.45, 2.75) is 50.7 Å². The minimum absolute atomic E-state index is 0.466. The van der Waals surface area contributed by atoms with E-state index >= 15 is 0 Å². The molecule has 2 saturated heterocycles. The van der Waals surface area contributed by atoms with Crippen molar-refractivity contribution in [2.75, 3.05) is 26.3 Å². The van der Waals surface area contributed by atoms with Crippen LogP contribution in [-0.2, 0) is 4.74 Å². The van der Waals surface area contributed by atoms with E-state index in [4.69, 9.17) is 9.15 Å². The number of ether oxygens (including phenoxy) is 1. The van der Waals surface area contributed by atoms with E-state index in [2.05, 4.69) is 4.90 Å². The average Bonchev–Trinajstić information content (AvgIpc) is 3.14. The van der Waals surface area contributed by atoms with E-state index in [9.17, 15) is 5.11 Å². The second-order valence-corrected chi connectivity index (χ2v) is 6.49. The smallest absolute Gasteiger partial charge is 0.132 e. The lowest BCUT2D eigenvalue weighted by atomic mass is 10.00. The van der Waals surface area contributed by atoms with Gasteiger partial charge in [0.05, 0.1) is 12.9 Å². The van der Waals surface area contributed by atoms with Crippen molar-refractivity contribution in [3.05, 3.63) is 24.2 Å². The molecule has 21 heavy (non-hydrogen) atoms. The summed E-state index contributed by atoms with van der Waals surface area (Å²) in [5.41, 5.74) is 0. The summed E-state index contributed by atoms with van der Waals surface area (Å²) in [4.78, 5) is 2.60. The molecule has 3 heterocycles. The van der Waals surface area contributed by atoms with Crippen LogP contribution < -0.4 is 0 Å². The maximum absolute atomic E-state index is 10.4. The third-order valence-corrected chi connectivity index (χ3v) is 4.88. The van der Waals surface area contributed by atoms with Gasteiger partial charge >= 0.3 is 0 Å². The van der Waals surface area contributed by atoms with Crippen LogP contribution in [0.15, 0.2) is 22.8 Å². The second-order valence-electron chi connectivity index (χ2n) is 6.49. The third kappa shape index (κ3) is 4.09. The zero-order valence-corrected chi connectivity index (χ0v) is 12.7. The van der Waals surface area contributed by atoms with Gasteiger partial charge in [-0.1, -0.05) is 12.8 Å². The fraction of sp³-hybridized carbons (Fsp3) is 0.765. The number of hydrogen-bond acceptors (Lipinski definition) is 4. The van der Waals surface area contributed by atoms with Crippen molar-refractivity contribution in [1.29, 1.82) is 0 Å². The van der Waals surface area contributed by atoms with E-state index < -0.39 is 6.10 Å². The molecule has 0 aliphatic carbocycles. The van der Waals surface area contributed by atoms with Crippen LogP contribution in [0, 0.1) is 5.92 Å². The van der Waals surface area contributed by atoms with Crippen LogP contribution in [0.3, 0.4) is 0 Å². The Kier molecular flexibility index (Phi) is 5.33. The first-order valence-corrected chi connectivity index (χ1v) is 8.36. The molecule has 118 valence electrons. The van der Waals surface area contributed by atoms with Crippen LogP contribution in [0.2, 0.25) is 0 Å². The van der Waals surface area contributed by atoms with E-state index in [1.807, 2.05) is 12.1 Å². The second kappa shape index (κ2) is 7.43. The highest BCUT2D eigenvalue weighted by Crippen LogP contribution is 2.28. The summed E-state index contributed by atoms with van der Waals surface area (Å²) < 4.78 is 10.9. The van der Waals surface area contributed by atoms with Crippen molar-refractivity contribution in [1.82, 2.24) is 4.90 Å². The van der Waals surface area contributed by atoms with Gasteiger partial charge in [-0.05, 0) is 50.3 Å². The summed E-state index contributed by atoms with van der Waals surface area (Å²) in [5, 5.41) is 10.4. The van der Waals surface area contributed by atoms with Crippen molar-refractivity contribution in [2.24, 2.45) is 5.92 Å². The lowest BCUT2D eigenvalue weighted by Gasteiger charge is -2.32. The van der Waals surface area contributed by atoms with E-state index in [0.717, 1.165) is 32.7 Å². The minimum Gasteiger partial charge on any atom is -0.467 e. The van der Waals surface area contributed by atoms with Crippen LogP contribution in [0.4, 0.5) is 0 Å². The Morgan fingerprint density at radius 1 is 1.29 bits per heavy atom. The topological polar surface area (TPSA) is 45.8 Å². The molecule has 4 heteroatoms. The highest BCUT2D eigenvalue weighted by atomic mass is 16.5. The molecule has 1 N–H and O–H groups in total. The Balaban J connectivity index is 1.60. The monoisotopic (exact) mass is 293 g/mol. The van der Waals surface area contributed by atoms with Gasteiger partial charge in [-0.2, -0.15) is 0 Å². The Morgan fingerprint density at radius 3 is 3.00 bits per heavy atom. The van der Waals surface area contributed by atoms with Crippen molar-refractivity contribution in [3.63, 3.8) is 0 Å². The van der Waals surface area contributed by atoms with Crippen molar-refractivity contribution >= 4 is 0 Å². The lowest BCUT2D eigenvalue weighted by molar-refractivity contribution is 0.0764. The fourth-order valence-electron chi connectivity index (χ4n) is 3.66. The van der Waals surface area contributed by atoms with Gasteiger partial charge in [0.2, 0.25) is 0 Å². The molecule has 2 aliphatic rings. The van der Waals surface area contributed by atoms with Crippen LogP contribution >= 0.6 is 0 Å². The van der Waals surface area contributed by atoms with Gasteiger partial charge in [0.15, 0.2) is 0 Å². The molecule has 1 aromatic rings. The van der Waals surface area contributed by atoms with Gasteiger partial charge in [-0.15, -0.1) is 0 Å². The summed E-state index contributed by atoms with van der Waals surface area (Å²) in [6.07, 6.45) is 8.17. The van der Waals surface area contributed by atoms with Gasteiger partial charge in [0.1, 0.15) is 11.9 Å². The maximum Gasteiger partial charge on any atom is 0.132 e. The van der Waals surface area contributed by atoms with E-state index in [0.29, 0.717) is 17.7 Å². The summed E-state index contributed by atoms with van der Waals surface area (Å²) >= 11 is 0. The molecule has 2 fully saturated rings. The average molecular weight is 293 g/mol. The molecule has 0 saturated carbocycles. The van der Waals surface area contributed by atoms with Crippen molar-refractivity contribution in [3.8, 4) is 0 Å². The molecule has 3 rings (SSSR count). The Bertz CT molecular complexity index is 400. The molecule has 3 atom stereocenters.